The summed E-state index contributed by atoms with van der Waals surface area (Å²) in [5.41, 5.74) is 0.280. The van der Waals surface area contributed by atoms with E-state index in [1.54, 1.807) is 19.0 Å². The molecule has 0 radical (unpaired) electrons. The van der Waals surface area contributed by atoms with Gasteiger partial charge in [-0.05, 0) is 17.7 Å². The quantitative estimate of drug-likeness (QED) is 0.721. The number of rotatable bonds is 1. The number of benzene rings is 1. The van der Waals surface area contributed by atoms with Gasteiger partial charge in [0.1, 0.15) is 5.82 Å². The first-order chi connectivity index (χ1) is 7.49. The van der Waals surface area contributed by atoms with Crippen LogP contribution < -0.4 is 4.90 Å². The van der Waals surface area contributed by atoms with E-state index in [1.807, 2.05) is 0 Å². The summed E-state index contributed by atoms with van der Waals surface area (Å²) >= 11 is 5.69. The van der Waals surface area contributed by atoms with Gasteiger partial charge >= 0.3 is 0 Å². The van der Waals surface area contributed by atoms with Gasteiger partial charge in [0.2, 0.25) is 5.28 Å². The van der Waals surface area contributed by atoms with Crippen LogP contribution in [0.5, 0.6) is 0 Å². The Morgan fingerprint density at radius 2 is 1.75 bits per heavy atom. The number of halogens is 3. The van der Waals surface area contributed by atoms with Gasteiger partial charge in [0, 0.05) is 25.5 Å². The van der Waals surface area contributed by atoms with E-state index in [9.17, 15) is 8.78 Å². The molecule has 0 atom stereocenters. The average Bonchev–Trinajstić information content (AvgIpc) is 2.19. The second kappa shape index (κ2) is 3.83. The van der Waals surface area contributed by atoms with Crippen molar-refractivity contribution in [3.63, 3.8) is 0 Å². The molecule has 0 saturated heterocycles. The van der Waals surface area contributed by atoms with E-state index in [0.717, 1.165) is 12.1 Å². The second-order valence-electron chi connectivity index (χ2n) is 3.49. The van der Waals surface area contributed by atoms with Crippen molar-refractivity contribution >= 4 is 28.3 Å². The summed E-state index contributed by atoms with van der Waals surface area (Å²) in [6, 6.07) is 2.07. The van der Waals surface area contributed by atoms with Crippen LogP contribution in [0.1, 0.15) is 0 Å². The van der Waals surface area contributed by atoms with Crippen LogP contribution >= 0.6 is 11.6 Å². The highest BCUT2D eigenvalue weighted by Gasteiger charge is 2.12. The van der Waals surface area contributed by atoms with E-state index in [2.05, 4.69) is 9.97 Å². The van der Waals surface area contributed by atoms with Gasteiger partial charge in [0.25, 0.3) is 0 Å². The van der Waals surface area contributed by atoms with Gasteiger partial charge in [-0.15, -0.1) is 0 Å². The fourth-order valence-electron chi connectivity index (χ4n) is 1.42. The molecule has 0 unspecified atom stereocenters. The highest BCUT2D eigenvalue weighted by Crippen LogP contribution is 2.25. The molecule has 0 aliphatic carbocycles. The zero-order valence-electron chi connectivity index (χ0n) is 8.63. The standard InChI is InChI=1S/C10H8ClF2N3/c1-16(2)9-5-3-6(12)7(13)4-8(5)14-10(11)15-9/h3-4H,1-2H3. The Hall–Kier alpha value is -1.49. The van der Waals surface area contributed by atoms with Crippen molar-refractivity contribution in [2.45, 2.75) is 0 Å². The van der Waals surface area contributed by atoms with Gasteiger partial charge in [0.15, 0.2) is 11.6 Å². The van der Waals surface area contributed by atoms with Crippen LogP contribution in [0.2, 0.25) is 5.28 Å². The first-order valence-corrected chi connectivity index (χ1v) is 4.86. The molecule has 0 amide bonds. The molecular weight excluding hydrogens is 236 g/mol. The largest absolute Gasteiger partial charge is 0.362 e. The van der Waals surface area contributed by atoms with Crippen molar-refractivity contribution in [3.8, 4) is 0 Å². The molecule has 16 heavy (non-hydrogen) atoms. The van der Waals surface area contributed by atoms with Crippen molar-refractivity contribution in [3.05, 3.63) is 29.1 Å². The molecule has 2 rings (SSSR count). The molecule has 0 spiro atoms. The van der Waals surface area contributed by atoms with Gasteiger partial charge in [0.05, 0.1) is 5.52 Å². The first-order valence-electron chi connectivity index (χ1n) is 4.48. The molecule has 1 heterocycles. The van der Waals surface area contributed by atoms with Gasteiger partial charge in [-0.25, -0.2) is 13.8 Å². The van der Waals surface area contributed by atoms with Gasteiger partial charge in [-0.2, -0.15) is 4.98 Å². The molecule has 1 aromatic carbocycles. The van der Waals surface area contributed by atoms with Crippen LogP contribution in [0.15, 0.2) is 12.1 Å². The number of hydrogen-bond acceptors (Lipinski definition) is 3. The topological polar surface area (TPSA) is 29.0 Å². The van der Waals surface area contributed by atoms with Crippen LogP contribution in [0.4, 0.5) is 14.6 Å². The highest BCUT2D eigenvalue weighted by molar-refractivity contribution is 6.28. The predicted octanol–water partition coefficient (Wildman–Crippen LogP) is 2.63. The lowest BCUT2D eigenvalue weighted by Gasteiger charge is -2.14. The lowest BCUT2D eigenvalue weighted by molar-refractivity contribution is 0.510. The number of hydrogen-bond donors (Lipinski definition) is 0. The lowest BCUT2D eigenvalue weighted by atomic mass is 10.2. The van der Waals surface area contributed by atoms with Crippen LogP contribution in [0.3, 0.4) is 0 Å². The molecule has 6 heteroatoms. The monoisotopic (exact) mass is 243 g/mol. The Kier molecular flexibility index (Phi) is 2.63. The molecule has 0 aliphatic heterocycles. The maximum atomic E-state index is 13.1. The van der Waals surface area contributed by atoms with Crippen molar-refractivity contribution in [1.82, 2.24) is 9.97 Å². The summed E-state index contributed by atoms with van der Waals surface area (Å²) in [5, 5.41) is 0.426. The fraction of sp³-hybridized carbons (Fsp3) is 0.200. The van der Waals surface area contributed by atoms with Gasteiger partial charge < -0.3 is 4.90 Å². The molecule has 84 valence electrons. The number of aromatic nitrogens is 2. The smallest absolute Gasteiger partial charge is 0.224 e. The third-order valence-electron chi connectivity index (χ3n) is 2.11. The number of anilines is 1. The Labute approximate surface area is 95.7 Å². The molecule has 0 bridgehead atoms. The molecule has 0 aliphatic rings. The van der Waals surface area contributed by atoms with Gasteiger partial charge in [-0.1, -0.05) is 0 Å². The van der Waals surface area contributed by atoms with E-state index in [-0.39, 0.29) is 10.8 Å². The molecule has 1 aromatic heterocycles. The number of fused-ring (bicyclic) bond motifs is 1. The van der Waals surface area contributed by atoms with E-state index in [1.165, 1.54) is 0 Å². The van der Waals surface area contributed by atoms with E-state index in [4.69, 9.17) is 11.6 Å². The summed E-state index contributed by atoms with van der Waals surface area (Å²) in [6.07, 6.45) is 0. The Balaban J connectivity index is 2.85. The number of nitrogens with zero attached hydrogens (tertiary/aromatic N) is 3. The predicted molar refractivity (Wildman–Crippen MR) is 58.8 cm³/mol. The minimum absolute atomic E-state index is 0.00204. The molecule has 3 nitrogen and oxygen atoms in total. The van der Waals surface area contributed by atoms with E-state index in [0.29, 0.717) is 11.2 Å². The summed E-state index contributed by atoms with van der Waals surface area (Å²) in [4.78, 5) is 9.46. The first kappa shape index (κ1) is 11.0. The second-order valence-corrected chi connectivity index (χ2v) is 3.83. The van der Waals surface area contributed by atoms with Crippen LogP contribution in [0.25, 0.3) is 10.9 Å². The minimum atomic E-state index is -0.952. The maximum Gasteiger partial charge on any atom is 0.224 e. The molecule has 0 saturated carbocycles. The zero-order valence-corrected chi connectivity index (χ0v) is 9.39. The fourth-order valence-corrected chi connectivity index (χ4v) is 1.59. The van der Waals surface area contributed by atoms with Gasteiger partial charge in [-0.3, -0.25) is 0 Å². The summed E-state index contributed by atoms with van der Waals surface area (Å²) in [6.45, 7) is 0. The normalized spacial score (nSPS) is 10.8. The van der Waals surface area contributed by atoms with Crippen molar-refractivity contribution in [1.29, 1.82) is 0 Å². The third-order valence-corrected chi connectivity index (χ3v) is 2.28. The van der Waals surface area contributed by atoms with Crippen molar-refractivity contribution < 1.29 is 8.78 Å². The summed E-state index contributed by atoms with van der Waals surface area (Å²) < 4.78 is 26.1. The average molecular weight is 244 g/mol. The Morgan fingerprint density at radius 3 is 2.38 bits per heavy atom. The maximum absolute atomic E-state index is 13.1. The summed E-state index contributed by atoms with van der Waals surface area (Å²) in [7, 11) is 3.47. The molecule has 0 N–H and O–H groups in total. The summed E-state index contributed by atoms with van der Waals surface area (Å²) in [5.74, 6) is -1.43. The van der Waals surface area contributed by atoms with Crippen LogP contribution in [-0.4, -0.2) is 24.1 Å². The van der Waals surface area contributed by atoms with E-state index >= 15 is 0 Å². The minimum Gasteiger partial charge on any atom is -0.362 e. The molecule has 2 aromatic rings. The lowest BCUT2D eigenvalue weighted by Crippen LogP contribution is -2.12. The van der Waals surface area contributed by atoms with Crippen LogP contribution in [0, 0.1) is 11.6 Å². The Morgan fingerprint density at radius 1 is 1.12 bits per heavy atom. The van der Waals surface area contributed by atoms with Crippen molar-refractivity contribution in [2.24, 2.45) is 0 Å². The van der Waals surface area contributed by atoms with E-state index < -0.39 is 11.6 Å². The zero-order chi connectivity index (χ0) is 11.9. The Bertz CT molecular complexity index is 557. The molecular formula is C10H8ClF2N3. The highest BCUT2D eigenvalue weighted by atomic mass is 35.5. The third kappa shape index (κ3) is 1.78. The van der Waals surface area contributed by atoms with Crippen LogP contribution in [-0.2, 0) is 0 Å². The SMILES string of the molecule is CN(C)c1nc(Cl)nc2cc(F)c(F)cc12. The van der Waals surface area contributed by atoms with Crippen molar-refractivity contribution in [2.75, 3.05) is 19.0 Å². The molecule has 0 fully saturated rings.